The number of carbonyl (C=O) groups is 2. The number of anilines is 1. The molecule has 2 N–H and O–H groups in total. The van der Waals surface area contributed by atoms with Gasteiger partial charge in [0.15, 0.2) is 6.04 Å². The normalized spacial score (nSPS) is 20.5. The van der Waals surface area contributed by atoms with Crippen molar-refractivity contribution in [3.63, 3.8) is 0 Å². The van der Waals surface area contributed by atoms with Crippen molar-refractivity contribution in [2.45, 2.75) is 13.0 Å². The second-order valence-electron chi connectivity index (χ2n) is 6.07. The van der Waals surface area contributed by atoms with Gasteiger partial charge in [-0.1, -0.05) is 17.7 Å². The van der Waals surface area contributed by atoms with E-state index in [2.05, 4.69) is 16.3 Å². The van der Waals surface area contributed by atoms with Gasteiger partial charge in [0.25, 0.3) is 5.91 Å². The molecule has 2 fully saturated rings. The summed E-state index contributed by atoms with van der Waals surface area (Å²) in [5.41, 5.74) is 1.12. The number of rotatable bonds is 3. The van der Waals surface area contributed by atoms with Crippen molar-refractivity contribution in [1.29, 1.82) is 0 Å². The maximum atomic E-state index is 12.5. The molecule has 7 heteroatoms. The smallest absolute Gasteiger partial charge is 0.324 e. The van der Waals surface area contributed by atoms with Crippen LogP contribution in [0.4, 0.5) is 10.5 Å². The molecule has 0 unspecified atom stereocenters. The molecule has 124 valence electrons. The number of nitrogens with one attached hydrogen (secondary N) is 2. The van der Waals surface area contributed by atoms with Gasteiger partial charge in [-0.25, -0.2) is 4.79 Å². The van der Waals surface area contributed by atoms with Crippen LogP contribution in [0.2, 0.25) is 5.02 Å². The molecule has 6 nitrogen and oxygen atoms in total. The Morgan fingerprint density at radius 3 is 2.65 bits per heavy atom. The fraction of sp³-hybridized carbons (Fsp3) is 0.500. The zero-order valence-electron chi connectivity index (χ0n) is 13.2. The molecule has 3 rings (SSSR count). The number of carbonyl (C=O) groups excluding carboxylic acids is 2. The van der Waals surface area contributed by atoms with E-state index in [4.69, 9.17) is 11.6 Å². The highest BCUT2D eigenvalue weighted by Gasteiger charge is 2.36. The van der Waals surface area contributed by atoms with E-state index in [1.807, 2.05) is 25.1 Å². The molecule has 0 spiro atoms. The van der Waals surface area contributed by atoms with Crippen LogP contribution in [0, 0.1) is 0 Å². The zero-order valence-corrected chi connectivity index (χ0v) is 14.0. The van der Waals surface area contributed by atoms with Crippen LogP contribution in [0.25, 0.3) is 0 Å². The fourth-order valence-corrected chi connectivity index (χ4v) is 3.43. The number of benzene rings is 1. The Bertz CT molecular complexity index is 601. The lowest BCUT2D eigenvalue weighted by molar-refractivity contribution is -0.915. The first-order valence-electron chi connectivity index (χ1n) is 8.00. The van der Waals surface area contributed by atoms with Gasteiger partial charge in [0.1, 0.15) is 0 Å². The summed E-state index contributed by atoms with van der Waals surface area (Å²) in [5, 5.41) is 3.42. The maximum Gasteiger partial charge on any atom is 0.324 e. The van der Waals surface area contributed by atoms with Gasteiger partial charge in [-0.05, 0) is 25.1 Å². The molecule has 1 aromatic rings. The standard InChI is InChI=1S/C16H21ClN4O2/c1-12(15(22)21-6-5-18-16(21)23)19-7-9-20(10-8-19)14-4-2-3-13(17)11-14/h2-4,11-12H,5-10H2,1H3,(H,18,23)/p+1/t12-/m1/s1. The molecule has 2 saturated heterocycles. The lowest BCUT2D eigenvalue weighted by Crippen LogP contribution is -3.19. The largest absolute Gasteiger partial charge is 0.360 e. The van der Waals surface area contributed by atoms with Gasteiger partial charge < -0.3 is 15.1 Å². The van der Waals surface area contributed by atoms with E-state index in [0.29, 0.717) is 13.1 Å². The van der Waals surface area contributed by atoms with Gasteiger partial charge >= 0.3 is 6.03 Å². The van der Waals surface area contributed by atoms with Crippen molar-refractivity contribution < 1.29 is 14.5 Å². The van der Waals surface area contributed by atoms with Crippen LogP contribution < -0.4 is 15.1 Å². The molecule has 3 amide bonds. The predicted molar refractivity (Wildman–Crippen MR) is 88.9 cm³/mol. The summed E-state index contributed by atoms with van der Waals surface area (Å²) in [7, 11) is 0. The van der Waals surface area contributed by atoms with E-state index in [1.165, 1.54) is 9.80 Å². The molecule has 0 saturated carbocycles. The summed E-state index contributed by atoms with van der Waals surface area (Å²) in [6.45, 7) is 6.43. The van der Waals surface area contributed by atoms with E-state index in [-0.39, 0.29) is 18.0 Å². The van der Waals surface area contributed by atoms with Gasteiger partial charge in [0.2, 0.25) is 0 Å². The van der Waals surface area contributed by atoms with Crippen molar-refractivity contribution >= 4 is 29.2 Å². The Balaban J connectivity index is 1.58. The van der Waals surface area contributed by atoms with Crippen LogP contribution in [0.5, 0.6) is 0 Å². The lowest BCUT2D eigenvalue weighted by Gasteiger charge is -2.36. The summed E-state index contributed by atoms with van der Waals surface area (Å²) >= 11 is 6.05. The molecule has 1 aromatic carbocycles. The van der Waals surface area contributed by atoms with Gasteiger partial charge in [-0.3, -0.25) is 9.69 Å². The van der Waals surface area contributed by atoms with E-state index in [0.717, 1.165) is 36.9 Å². The molecular weight excluding hydrogens is 316 g/mol. The Morgan fingerprint density at radius 2 is 2.04 bits per heavy atom. The lowest BCUT2D eigenvalue weighted by atomic mass is 10.2. The van der Waals surface area contributed by atoms with E-state index in [9.17, 15) is 9.59 Å². The third-order valence-corrected chi connectivity index (χ3v) is 4.92. The highest BCUT2D eigenvalue weighted by Crippen LogP contribution is 2.19. The fourth-order valence-electron chi connectivity index (χ4n) is 3.25. The molecule has 0 aromatic heterocycles. The number of halogens is 1. The van der Waals surface area contributed by atoms with E-state index < -0.39 is 0 Å². The SMILES string of the molecule is C[C@H](C(=O)N1CCNC1=O)[NH+]1CCN(c2cccc(Cl)c2)CC1. The van der Waals surface area contributed by atoms with Crippen molar-refractivity contribution in [2.75, 3.05) is 44.2 Å². The predicted octanol–water partition coefficient (Wildman–Crippen LogP) is -0.0148. The van der Waals surface area contributed by atoms with Crippen molar-refractivity contribution in [2.24, 2.45) is 0 Å². The van der Waals surface area contributed by atoms with Crippen LogP contribution in [0.3, 0.4) is 0 Å². The molecule has 0 radical (unpaired) electrons. The minimum atomic E-state index is -0.265. The Morgan fingerprint density at radius 1 is 1.30 bits per heavy atom. The Kier molecular flexibility index (Phi) is 4.73. The number of amides is 3. The Hall–Kier alpha value is -1.79. The van der Waals surface area contributed by atoms with Crippen LogP contribution in [-0.4, -0.2) is 62.1 Å². The van der Waals surface area contributed by atoms with E-state index in [1.54, 1.807) is 0 Å². The molecule has 0 bridgehead atoms. The first-order chi connectivity index (χ1) is 11.1. The van der Waals surface area contributed by atoms with Crippen LogP contribution in [0.1, 0.15) is 6.92 Å². The topological polar surface area (TPSA) is 57.1 Å². The Labute approximate surface area is 141 Å². The quantitative estimate of drug-likeness (QED) is 0.815. The van der Waals surface area contributed by atoms with Crippen molar-refractivity contribution in [3.8, 4) is 0 Å². The highest BCUT2D eigenvalue weighted by atomic mass is 35.5. The van der Waals surface area contributed by atoms with Crippen LogP contribution >= 0.6 is 11.6 Å². The number of imide groups is 1. The maximum absolute atomic E-state index is 12.5. The van der Waals surface area contributed by atoms with E-state index >= 15 is 0 Å². The molecule has 0 aliphatic carbocycles. The third-order valence-electron chi connectivity index (χ3n) is 4.68. The number of quaternary nitrogens is 1. The summed E-state index contributed by atoms with van der Waals surface area (Å²) in [4.78, 5) is 29.0. The minimum Gasteiger partial charge on any atom is -0.360 e. The number of nitrogens with zero attached hydrogens (tertiary/aromatic N) is 2. The minimum absolute atomic E-state index is 0.0776. The van der Waals surface area contributed by atoms with Crippen molar-refractivity contribution in [3.05, 3.63) is 29.3 Å². The highest BCUT2D eigenvalue weighted by molar-refractivity contribution is 6.30. The second-order valence-corrected chi connectivity index (χ2v) is 6.51. The van der Waals surface area contributed by atoms with Gasteiger partial charge in [-0.2, -0.15) is 0 Å². The zero-order chi connectivity index (χ0) is 16.4. The van der Waals surface area contributed by atoms with Gasteiger partial charge in [-0.15, -0.1) is 0 Å². The summed E-state index contributed by atoms with van der Waals surface area (Å²) in [5.74, 6) is -0.0776. The molecule has 1 atom stereocenters. The summed E-state index contributed by atoms with van der Waals surface area (Å²) in [6, 6.07) is 7.39. The van der Waals surface area contributed by atoms with Crippen LogP contribution in [0.15, 0.2) is 24.3 Å². The number of urea groups is 1. The molecule has 2 aliphatic rings. The molecule has 23 heavy (non-hydrogen) atoms. The monoisotopic (exact) mass is 337 g/mol. The number of piperazine rings is 1. The number of hydrogen-bond acceptors (Lipinski definition) is 3. The number of hydrogen-bond donors (Lipinski definition) is 2. The first kappa shape index (κ1) is 16.1. The average molecular weight is 338 g/mol. The van der Waals surface area contributed by atoms with Gasteiger partial charge in [0, 0.05) is 23.8 Å². The average Bonchev–Trinajstić information content (AvgIpc) is 3.00. The molecule has 2 aliphatic heterocycles. The summed E-state index contributed by atoms with van der Waals surface area (Å²) < 4.78 is 0. The second kappa shape index (κ2) is 6.76. The van der Waals surface area contributed by atoms with Crippen molar-refractivity contribution in [1.82, 2.24) is 10.2 Å². The third kappa shape index (κ3) is 3.43. The summed E-state index contributed by atoms with van der Waals surface area (Å²) in [6.07, 6.45) is 0. The first-order valence-corrected chi connectivity index (χ1v) is 8.38. The van der Waals surface area contributed by atoms with Gasteiger partial charge in [0.05, 0.1) is 26.2 Å². The molecule has 2 heterocycles. The molecular formula is C16H22ClN4O2+. The van der Waals surface area contributed by atoms with Crippen LogP contribution in [-0.2, 0) is 4.79 Å².